The minimum atomic E-state index is 0.124. The molecule has 0 saturated carbocycles. The third-order valence-corrected chi connectivity index (χ3v) is 6.22. The highest BCUT2D eigenvalue weighted by molar-refractivity contribution is 9.10. The van der Waals surface area contributed by atoms with Gasteiger partial charge in [0.2, 0.25) is 0 Å². The molecule has 2 aromatic rings. The molecule has 0 N–H and O–H groups in total. The molecule has 0 spiro atoms. The van der Waals surface area contributed by atoms with Crippen LogP contribution in [0.5, 0.6) is 0 Å². The van der Waals surface area contributed by atoms with Gasteiger partial charge in [-0.3, -0.25) is 4.79 Å². The van der Waals surface area contributed by atoms with Gasteiger partial charge in [-0.2, -0.15) is 0 Å². The Kier molecular flexibility index (Phi) is 4.19. The molecule has 1 aliphatic heterocycles. The van der Waals surface area contributed by atoms with Crippen LogP contribution in [0.1, 0.15) is 25.5 Å². The number of carbonyl (C=O) groups is 1. The molecule has 2 nitrogen and oxygen atoms in total. The van der Waals surface area contributed by atoms with Crippen molar-refractivity contribution in [3.05, 3.63) is 56.2 Å². The number of thioether (sulfide) groups is 1. The minimum Gasteiger partial charge on any atom is -0.321 e. The van der Waals surface area contributed by atoms with Crippen LogP contribution in [0.2, 0.25) is 0 Å². The van der Waals surface area contributed by atoms with Crippen LogP contribution >= 0.6 is 39.0 Å². The van der Waals surface area contributed by atoms with E-state index in [-0.39, 0.29) is 11.3 Å². The largest absolute Gasteiger partial charge is 0.321 e. The molecule has 1 unspecified atom stereocenters. The fraction of sp³-hybridized carbons (Fsp3) is 0.267. The lowest BCUT2D eigenvalue weighted by molar-refractivity contribution is 0.0762. The molecule has 1 aromatic heterocycles. The molecule has 1 atom stereocenters. The average molecular weight is 368 g/mol. The Morgan fingerprint density at radius 3 is 2.65 bits per heavy atom. The molecule has 104 valence electrons. The summed E-state index contributed by atoms with van der Waals surface area (Å²) in [4.78, 5) is 17.2. The lowest BCUT2D eigenvalue weighted by atomic mass is 10.2. The van der Waals surface area contributed by atoms with Gasteiger partial charge in [0.15, 0.2) is 0 Å². The Bertz CT molecular complexity index is 623. The highest BCUT2D eigenvalue weighted by Crippen LogP contribution is 2.41. The Morgan fingerprint density at radius 2 is 2.00 bits per heavy atom. The van der Waals surface area contributed by atoms with Gasteiger partial charge >= 0.3 is 0 Å². The third-order valence-electron chi connectivity index (χ3n) is 3.25. The summed E-state index contributed by atoms with van der Waals surface area (Å²) in [5, 5.41) is 0.171. The second kappa shape index (κ2) is 5.92. The van der Waals surface area contributed by atoms with Gasteiger partial charge in [-0.15, -0.1) is 23.1 Å². The Morgan fingerprint density at radius 1 is 1.25 bits per heavy atom. The first-order chi connectivity index (χ1) is 9.65. The van der Waals surface area contributed by atoms with Gasteiger partial charge in [0, 0.05) is 32.1 Å². The van der Waals surface area contributed by atoms with Crippen molar-refractivity contribution in [2.24, 2.45) is 0 Å². The number of aryl methyl sites for hydroxylation is 1. The molecule has 5 heteroatoms. The molecule has 2 heterocycles. The van der Waals surface area contributed by atoms with Crippen LogP contribution in [0.25, 0.3) is 0 Å². The first-order valence-electron chi connectivity index (χ1n) is 6.39. The maximum absolute atomic E-state index is 12.7. The SMILES string of the molecule is Cc1ccc(C2SCCN2C(=O)c2ccc(Br)cc2)s1. The van der Waals surface area contributed by atoms with Crippen molar-refractivity contribution < 1.29 is 4.79 Å². The van der Waals surface area contributed by atoms with E-state index in [9.17, 15) is 4.79 Å². The molecule has 1 aliphatic rings. The van der Waals surface area contributed by atoms with Crippen molar-refractivity contribution in [1.82, 2.24) is 4.90 Å². The van der Waals surface area contributed by atoms with Crippen molar-refractivity contribution in [1.29, 1.82) is 0 Å². The van der Waals surface area contributed by atoms with Crippen molar-refractivity contribution in [2.75, 3.05) is 12.3 Å². The number of nitrogens with zero attached hydrogens (tertiary/aromatic N) is 1. The quantitative estimate of drug-likeness (QED) is 0.765. The van der Waals surface area contributed by atoms with E-state index in [2.05, 4.69) is 35.0 Å². The van der Waals surface area contributed by atoms with Gasteiger partial charge in [0.25, 0.3) is 5.91 Å². The van der Waals surface area contributed by atoms with Gasteiger partial charge < -0.3 is 4.90 Å². The average Bonchev–Trinajstić information content (AvgIpc) is 3.07. The molecule has 1 fully saturated rings. The van der Waals surface area contributed by atoms with Crippen LogP contribution in [0, 0.1) is 6.92 Å². The van der Waals surface area contributed by atoms with E-state index in [1.807, 2.05) is 40.9 Å². The van der Waals surface area contributed by atoms with Gasteiger partial charge in [0.1, 0.15) is 5.37 Å². The van der Waals surface area contributed by atoms with Crippen molar-refractivity contribution in [3.63, 3.8) is 0 Å². The zero-order valence-electron chi connectivity index (χ0n) is 11.0. The first kappa shape index (κ1) is 14.2. The van der Waals surface area contributed by atoms with Gasteiger partial charge in [-0.25, -0.2) is 0 Å². The predicted octanol–water partition coefficient (Wildman–Crippen LogP) is 4.71. The highest BCUT2D eigenvalue weighted by atomic mass is 79.9. The van der Waals surface area contributed by atoms with Gasteiger partial charge in [-0.05, 0) is 43.3 Å². The number of halogens is 1. The van der Waals surface area contributed by atoms with E-state index in [1.54, 1.807) is 11.3 Å². The maximum atomic E-state index is 12.7. The van der Waals surface area contributed by atoms with Crippen molar-refractivity contribution in [2.45, 2.75) is 12.3 Å². The summed E-state index contributed by atoms with van der Waals surface area (Å²) >= 11 is 7.03. The fourth-order valence-corrected chi connectivity index (χ4v) is 4.89. The summed E-state index contributed by atoms with van der Waals surface area (Å²) in [5.41, 5.74) is 0.758. The number of amides is 1. The first-order valence-corrected chi connectivity index (χ1v) is 9.05. The molecule has 1 aromatic carbocycles. The zero-order valence-corrected chi connectivity index (χ0v) is 14.2. The van der Waals surface area contributed by atoms with Crippen LogP contribution in [0.15, 0.2) is 40.9 Å². The van der Waals surface area contributed by atoms with E-state index in [4.69, 9.17) is 0 Å². The predicted molar refractivity (Wildman–Crippen MR) is 89.4 cm³/mol. The minimum absolute atomic E-state index is 0.124. The second-order valence-electron chi connectivity index (χ2n) is 4.68. The topological polar surface area (TPSA) is 20.3 Å². The van der Waals surface area contributed by atoms with Crippen LogP contribution in [-0.4, -0.2) is 23.1 Å². The molecule has 3 rings (SSSR count). The summed E-state index contributed by atoms with van der Waals surface area (Å²) in [7, 11) is 0. The number of carbonyl (C=O) groups excluding carboxylic acids is 1. The Balaban J connectivity index is 1.85. The number of hydrogen-bond donors (Lipinski definition) is 0. The highest BCUT2D eigenvalue weighted by Gasteiger charge is 2.32. The van der Waals surface area contributed by atoms with Crippen molar-refractivity contribution in [3.8, 4) is 0 Å². The molecule has 0 aliphatic carbocycles. The summed E-state index contributed by atoms with van der Waals surface area (Å²) in [6.07, 6.45) is 0. The molecular weight excluding hydrogens is 354 g/mol. The van der Waals surface area contributed by atoms with E-state index in [0.29, 0.717) is 0 Å². The number of thiophene rings is 1. The molecule has 0 bridgehead atoms. The summed E-state index contributed by atoms with van der Waals surface area (Å²) in [5.74, 6) is 1.13. The van der Waals surface area contributed by atoms with Crippen LogP contribution in [0.3, 0.4) is 0 Å². The van der Waals surface area contributed by atoms with E-state index < -0.39 is 0 Å². The van der Waals surface area contributed by atoms with E-state index in [1.165, 1.54) is 9.75 Å². The van der Waals surface area contributed by atoms with Crippen LogP contribution < -0.4 is 0 Å². The molecular formula is C15H14BrNOS2. The number of hydrogen-bond acceptors (Lipinski definition) is 3. The Hall–Kier alpha value is -0.780. The maximum Gasteiger partial charge on any atom is 0.255 e. The third kappa shape index (κ3) is 2.80. The molecule has 20 heavy (non-hydrogen) atoms. The summed E-state index contributed by atoms with van der Waals surface area (Å²) in [6, 6.07) is 11.9. The summed E-state index contributed by atoms with van der Waals surface area (Å²) in [6.45, 7) is 2.93. The molecule has 1 saturated heterocycles. The molecule has 0 radical (unpaired) electrons. The fourth-order valence-electron chi connectivity index (χ4n) is 2.26. The normalized spacial score (nSPS) is 18.5. The van der Waals surface area contributed by atoms with Gasteiger partial charge in [-0.1, -0.05) is 15.9 Å². The van der Waals surface area contributed by atoms with Gasteiger partial charge in [0.05, 0.1) is 0 Å². The van der Waals surface area contributed by atoms with Crippen LogP contribution in [0.4, 0.5) is 0 Å². The lowest BCUT2D eigenvalue weighted by Gasteiger charge is -2.23. The number of rotatable bonds is 2. The number of benzene rings is 1. The van der Waals surface area contributed by atoms with E-state index in [0.717, 1.165) is 22.3 Å². The summed E-state index contributed by atoms with van der Waals surface area (Å²) < 4.78 is 0.996. The monoisotopic (exact) mass is 367 g/mol. The Labute approximate surface area is 135 Å². The van der Waals surface area contributed by atoms with Crippen molar-refractivity contribution >= 4 is 44.9 Å². The zero-order chi connectivity index (χ0) is 14.1. The van der Waals surface area contributed by atoms with E-state index >= 15 is 0 Å². The second-order valence-corrected chi connectivity index (χ2v) is 8.10. The van der Waals surface area contributed by atoms with Crippen LogP contribution in [-0.2, 0) is 0 Å². The smallest absolute Gasteiger partial charge is 0.255 e. The molecule has 1 amide bonds. The standard InChI is InChI=1S/C15H14BrNOS2/c1-10-2-7-13(20-10)15-17(8-9-19-15)14(18)11-3-5-12(16)6-4-11/h2-7,15H,8-9H2,1H3. The lowest BCUT2D eigenvalue weighted by Crippen LogP contribution is -2.30.